The molecule has 0 N–H and O–H groups in total. The largest absolute Gasteiger partial charge is 0.490 e. The van der Waals surface area contributed by atoms with Crippen molar-refractivity contribution in [2.24, 2.45) is 0 Å². The highest BCUT2D eigenvalue weighted by molar-refractivity contribution is 7.99. The van der Waals surface area contributed by atoms with Crippen LogP contribution in [0.25, 0.3) is 21.5 Å². The summed E-state index contributed by atoms with van der Waals surface area (Å²) in [4.78, 5) is 25.2. The molecule has 4 aromatic rings. The van der Waals surface area contributed by atoms with E-state index < -0.39 is 24.1 Å². The number of fused-ring (bicyclic) bond motifs is 2. The Balaban J connectivity index is 1.61. The van der Waals surface area contributed by atoms with Gasteiger partial charge in [0, 0.05) is 43.5 Å². The molecule has 0 aliphatic carbocycles. The Morgan fingerprint density at radius 2 is 1.06 bits per heavy atom. The van der Waals surface area contributed by atoms with Crippen molar-refractivity contribution in [3.63, 3.8) is 0 Å². The van der Waals surface area contributed by atoms with E-state index in [1.54, 1.807) is 25.6 Å². The summed E-state index contributed by atoms with van der Waals surface area (Å²) in [5.74, 6) is 0.476. The topological polar surface area (TPSA) is 89.5 Å². The molecule has 9 heteroatoms. The van der Waals surface area contributed by atoms with Crippen LogP contribution >= 0.6 is 11.8 Å². The first-order chi connectivity index (χ1) is 22.7. The van der Waals surface area contributed by atoms with E-state index in [2.05, 4.69) is 43.5 Å². The third kappa shape index (κ3) is 10.3. The predicted octanol–water partition coefficient (Wildman–Crippen LogP) is 7.95. The Morgan fingerprint density at radius 1 is 0.596 bits per heavy atom. The fourth-order valence-electron chi connectivity index (χ4n) is 4.74. The van der Waals surface area contributed by atoms with Crippen molar-refractivity contribution >= 4 is 45.2 Å². The molecule has 0 bridgehead atoms. The van der Waals surface area contributed by atoms with Gasteiger partial charge >= 0.3 is 11.9 Å². The molecule has 0 spiro atoms. The molecule has 0 saturated heterocycles. The van der Waals surface area contributed by atoms with Crippen molar-refractivity contribution in [1.82, 2.24) is 0 Å². The molecular weight excluding hydrogens is 616 g/mol. The molecule has 0 aliphatic rings. The second-order valence-corrected chi connectivity index (χ2v) is 12.3. The Morgan fingerprint density at radius 3 is 1.57 bits per heavy atom. The highest BCUT2D eigenvalue weighted by Gasteiger charge is 2.20. The molecule has 0 heterocycles. The molecule has 0 amide bonds. The number of benzene rings is 4. The van der Waals surface area contributed by atoms with Gasteiger partial charge in [0.15, 0.2) is 0 Å². The van der Waals surface area contributed by atoms with Crippen LogP contribution in [-0.4, -0.2) is 62.8 Å². The Kier molecular flexibility index (Phi) is 13.3. The van der Waals surface area contributed by atoms with Crippen molar-refractivity contribution in [2.75, 3.05) is 26.4 Å². The fraction of sp³-hybridized carbons (Fsp3) is 0.316. The maximum absolute atomic E-state index is 11.5. The van der Waals surface area contributed by atoms with Crippen LogP contribution < -0.4 is 9.47 Å². The average Bonchev–Trinajstić information content (AvgIpc) is 3.08. The minimum Gasteiger partial charge on any atom is -0.490 e. The van der Waals surface area contributed by atoms with Crippen molar-refractivity contribution < 1.29 is 38.0 Å². The zero-order valence-electron chi connectivity index (χ0n) is 27.3. The van der Waals surface area contributed by atoms with Gasteiger partial charge in [-0.15, -0.1) is 0 Å². The monoisotopic (exact) mass is 658 g/mol. The second kappa shape index (κ2) is 17.6. The van der Waals surface area contributed by atoms with Gasteiger partial charge in [-0.1, -0.05) is 67.4 Å². The van der Waals surface area contributed by atoms with Crippen LogP contribution in [0.4, 0.5) is 0 Å². The van der Waals surface area contributed by atoms with Crippen LogP contribution in [0.5, 0.6) is 11.5 Å². The smallest absolute Gasteiger partial charge is 0.330 e. The van der Waals surface area contributed by atoms with E-state index in [1.807, 2.05) is 56.3 Å². The summed E-state index contributed by atoms with van der Waals surface area (Å²) >= 11 is 1.67. The summed E-state index contributed by atoms with van der Waals surface area (Å²) < 4.78 is 35.3. The van der Waals surface area contributed by atoms with Gasteiger partial charge in [-0.3, -0.25) is 0 Å². The molecule has 4 atom stereocenters. The van der Waals surface area contributed by atoms with Gasteiger partial charge in [0.25, 0.3) is 0 Å². The van der Waals surface area contributed by atoms with Crippen LogP contribution in [0.15, 0.2) is 108 Å². The molecule has 248 valence electrons. The van der Waals surface area contributed by atoms with Crippen LogP contribution in [-0.2, 0) is 28.5 Å². The number of rotatable bonds is 18. The van der Waals surface area contributed by atoms with Gasteiger partial charge in [-0.05, 0) is 58.0 Å². The first-order valence-corrected chi connectivity index (χ1v) is 16.4. The lowest BCUT2D eigenvalue weighted by molar-refractivity contribution is -0.147. The number of ether oxygens (including phenoxy) is 6. The third-order valence-electron chi connectivity index (χ3n) is 7.00. The van der Waals surface area contributed by atoms with E-state index in [4.69, 9.17) is 28.4 Å². The lowest BCUT2D eigenvalue weighted by Crippen LogP contribution is -2.26. The number of hydrogen-bond acceptors (Lipinski definition) is 9. The highest BCUT2D eigenvalue weighted by atomic mass is 32.2. The zero-order valence-corrected chi connectivity index (χ0v) is 28.1. The third-order valence-corrected chi connectivity index (χ3v) is 8.00. The highest BCUT2D eigenvalue weighted by Crippen LogP contribution is 2.44. The molecule has 4 aromatic carbocycles. The predicted molar refractivity (Wildman–Crippen MR) is 185 cm³/mol. The Hall–Kier alpha value is -4.31. The van der Waals surface area contributed by atoms with Gasteiger partial charge < -0.3 is 28.4 Å². The Labute approximate surface area is 280 Å². The van der Waals surface area contributed by atoms with Crippen molar-refractivity contribution in [3.8, 4) is 11.5 Å². The lowest BCUT2D eigenvalue weighted by Gasteiger charge is -2.22. The molecule has 47 heavy (non-hydrogen) atoms. The van der Waals surface area contributed by atoms with Crippen molar-refractivity contribution in [2.45, 2.75) is 61.9 Å². The van der Waals surface area contributed by atoms with Crippen LogP contribution in [0, 0.1) is 0 Å². The minimum absolute atomic E-state index is 0.228. The van der Waals surface area contributed by atoms with E-state index in [-0.39, 0.29) is 38.6 Å². The maximum Gasteiger partial charge on any atom is 0.330 e. The van der Waals surface area contributed by atoms with E-state index in [9.17, 15) is 9.59 Å². The van der Waals surface area contributed by atoms with E-state index in [0.29, 0.717) is 0 Å². The molecular formula is C38H42O8S. The molecule has 0 saturated carbocycles. The standard InChI is InChI=1S/C38H42O8S/c1-7-35(39)45-27(5)23-41-25(3)21-43-37-31-16-12-13-17-32(31)38(44-22-26(4)42-24-28(6)46-36(40)8-2)34-20-30(18-19-33(34)37)47-29-14-10-9-11-15-29/h7-20,25-28H,1-2,21-24H2,3-6H3. The number of esters is 2. The van der Waals surface area contributed by atoms with E-state index in [1.165, 1.54) is 0 Å². The summed E-state index contributed by atoms with van der Waals surface area (Å²) in [6.45, 7) is 15.2. The Bertz CT molecular complexity index is 1670. The molecule has 4 rings (SSSR count). The second-order valence-electron chi connectivity index (χ2n) is 11.1. The zero-order chi connectivity index (χ0) is 33.8. The summed E-state index contributed by atoms with van der Waals surface area (Å²) in [6, 6.07) is 24.4. The van der Waals surface area contributed by atoms with Gasteiger partial charge in [-0.2, -0.15) is 0 Å². The van der Waals surface area contributed by atoms with Crippen molar-refractivity contribution in [1.29, 1.82) is 0 Å². The SMILES string of the molecule is C=CC(=O)OC(C)COC(C)COc1c2ccccc2c(OCC(C)OCC(C)OC(=O)C=C)c2cc(Sc3ccccc3)ccc12. The maximum atomic E-state index is 11.5. The summed E-state index contributed by atoms with van der Waals surface area (Å²) in [5.41, 5.74) is 0. The molecule has 8 nitrogen and oxygen atoms in total. The van der Waals surface area contributed by atoms with Gasteiger partial charge in [0.05, 0.1) is 25.4 Å². The lowest BCUT2D eigenvalue weighted by atomic mass is 10.0. The summed E-state index contributed by atoms with van der Waals surface area (Å²) in [7, 11) is 0. The molecule has 0 radical (unpaired) electrons. The van der Waals surface area contributed by atoms with E-state index in [0.717, 1.165) is 55.0 Å². The summed E-state index contributed by atoms with van der Waals surface area (Å²) in [6.07, 6.45) is 0.874. The fourth-order valence-corrected chi connectivity index (χ4v) is 5.61. The first kappa shape index (κ1) is 35.5. The molecule has 0 aromatic heterocycles. The molecule has 0 aliphatic heterocycles. The summed E-state index contributed by atoms with van der Waals surface area (Å²) in [5, 5.41) is 3.60. The van der Waals surface area contributed by atoms with Crippen LogP contribution in [0.2, 0.25) is 0 Å². The molecule has 0 fully saturated rings. The number of carbonyl (C=O) groups is 2. The van der Waals surface area contributed by atoms with Gasteiger partial charge in [0.1, 0.15) is 36.9 Å². The average molecular weight is 659 g/mol. The first-order valence-electron chi connectivity index (χ1n) is 15.5. The van der Waals surface area contributed by atoms with Crippen LogP contribution in [0.1, 0.15) is 27.7 Å². The quantitative estimate of drug-likeness (QED) is 0.0600. The normalized spacial score (nSPS) is 13.7. The van der Waals surface area contributed by atoms with Crippen LogP contribution in [0.3, 0.4) is 0 Å². The van der Waals surface area contributed by atoms with E-state index >= 15 is 0 Å². The minimum atomic E-state index is -0.487. The van der Waals surface area contributed by atoms with Gasteiger partial charge in [0.2, 0.25) is 0 Å². The molecule has 4 unspecified atom stereocenters. The van der Waals surface area contributed by atoms with Gasteiger partial charge in [-0.25, -0.2) is 9.59 Å². The number of carbonyl (C=O) groups excluding carboxylic acids is 2. The van der Waals surface area contributed by atoms with Crippen molar-refractivity contribution in [3.05, 3.63) is 98.1 Å². The number of hydrogen-bond donors (Lipinski definition) is 0.